The lowest BCUT2D eigenvalue weighted by molar-refractivity contribution is 0.422. The highest BCUT2D eigenvalue weighted by atomic mass is 32.2. The number of piperidine rings is 1. The van der Waals surface area contributed by atoms with Gasteiger partial charge in [0.25, 0.3) is 0 Å². The Hall–Kier alpha value is 0.0300. The lowest BCUT2D eigenvalue weighted by Gasteiger charge is -2.21. The van der Waals surface area contributed by atoms with Crippen LogP contribution >= 0.6 is 0 Å². The molecule has 10 heavy (non-hydrogen) atoms. The van der Waals surface area contributed by atoms with Crippen molar-refractivity contribution in [1.29, 1.82) is 0 Å². The maximum Gasteiger partial charge on any atom is 0.231 e. The molecule has 0 aromatic heterocycles. The third-order valence-corrected chi connectivity index (χ3v) is 2.14. The van der Waals surface area contributed by atoms with Crippen LogP contribution in [0.1, 0.15) is 12.8 Å². The molecule has 0 amide bonds. The Bertz CT molecular complexity index is 125. The fraction of sp³-hybridized carbons (Fsp3) is 1.00. The summed E-state index contributed by atoms with van der Waals surface area (Å²) in [6, 6.07) is 0.215. The van der Waals surface area contributed by atoms with Gasteiger partial charge >= 0.3 is 0 Å². The van der Waals surface area contributed by atoms with E-state index in [-0.39, 0.29) is 6.04 Å². The molecule has 0 aromatic rings. The van der Waals surface area contributed by atoms with Crippen LogP contribution in [-0.4, -0.2) is 27.9 Å². The van der Waals surface area contributed by atoms with Gasteiger partial charge in [-0.2, -0.15) is 0 Å². The zero-order chi connectivity index (χ0) is 7.40. The molecule has 0 aliphatic carbocycles. The molecule has 1 rings (SSSR count). The highest BCUT2D eigenvalue weighted by Crippen LogP contribution is 2.01. The summed E-state index contributed by atoms with van der Waals surface area (Å²) in [6.07, 6.45) is 1.87. The summed E-state index contributed by atoms with van der Waals surface area (Å²) >= 11 is -1.84. The highest BCUT2D eigenvalue weighted by Gasteiger charge is 2.13. The van der Waals surface area contributed by atoms with Crippen molar-refractivity contribution in [2.24, 2.45) is 0 Å². The van der Waals surface area contributed by atoms with Crippen molar-refractivity contribution in [2.45, 2.75) is 18.9 Å². The van der Waals surface area contributed by atoms with E-state index < -0.39 is 11.3 Å². The van der Waals surface area contributed by atoms with E-state index in [9.17, 15) is 4.21 Å². The molecule has 1 atom stereocenters. The molecule has 0 saturated carbocycles. The predicted molar refractivity (Wildman–Crippen MR) is 39.8 cm³/mol. The van der Waals surface area contributed by atoms with Gasteiger partial charge in [-0.05, 0) is 25.9 Å². The van der Waals surface area contributed by atoms with Gasteiger partial charge in [-0.3, -0.25) is 4.55 Å². The van der Waals surface area contributed by atoms with E-state index in [4.69, 9.17) is 4.55 Å². The van der Waals surface area contributed by atoms with Crippen molar-refractivity contribution < 1.29 is 8.76 Å². The molecule has 1 heterocycles. The maximum absolute atomic E-state index is 10.2. The summed E-state index contributed by atoms with van der Waals surface area (Å²) < 4.78 is 21.3. The molecule has 0 bridgehead atoms. The zero-order valence-electron chi connectivity index (χ0n) is 5.67. The fourth-order valence-corrected chi connectivity index (χ4v) is 1.60. The van der Waals surface area contributed by atoms with Gasteiger partial charge in [-0.1, -0.05) is 0 Å². The minimum atomic E-state index is -1.84. The average molecular weight is 164 g/mol. The Morgan fingerprint density at radius 3 is 2.60 bits per heavy atom. The smallest absolute Gasteiger partial charge is 0.231 e. The average Bonchev–Trinajstić information content (AvgIpc) is 1.88. The van der Waals surface area contributed by atoms with Crippen molar-refractivity contribution >= 4 is 11.3 Å². The van der Waals surface area contributed by atoms with Crippen LogP contribution < -0.4 is 10.0 Å². The number of hydrogen-bond acceptors (Lipinski definition) is 2. The summed E-state index contributed by atoms with van der Waals surface area (Å²) in [6.45, 7) is 1.88. The van der Waals surface area contributed by atoms with Gasteiger partial charge < -0.3 is 5.32 Å². The van der Waals surface area contributed by atoms with E-state index in [0.717, 1.165) is 25.9 Å². The van der Waals surface area contributed by atoms with Crippen molar-refractivity contribution in [2.75, 3.05) is 13.1 Å². The van der Waals surface area contributed by atoms with E-state index in [1.54, 1.807) is 0 Å². The molecule has 0 radical (unpaired) electrons. The first-order valence-electron chi connectivity index (χ1n) is 3.37. The Kier molecular flexibility index (Phi) is 3.27. The standard InChI is InChI=1S/C5H12N2O2S/c8-10(9)7-5-1-3-6-4-2-5/h5-7H,1-4H2,(H,8,9). The molecule has 0 spiro atoms. The largest absolute Gasteiger partial charge is 0.317 e. The highest BCUT2D eigenvalue weighted by molar-refractivity contribution is 7.77. The summed E-state index contributed by atoms with van der Waals surface area (Å²) in [5, 5.41) is 3.17. The van der Waals surface area contributed by atoms with Gasteiger partial charge in [0.2, 0.25) is 11.3 Å². The molecule has 4 nitrogen and oxygen atoms in total. The van der Waals surface area contributed by atoms with Crippen LogP contribution in [0.5, 0.6) is 0 Å². The minimum absolute atomic E-state index is 0.215. The quantitative estimate of drug-likeness (QED) is 0.481. The van der Waals surface area contributed by atoms with Crippen LogP contribution in [0.4, 0.5) is 0 Å². The fourth-order valence-electron chi connectivity index (χ4n) is 1.08. The summed E-state index contributed by atoms with van der Waals surface area (Å²) in [5.41, 5.74) is 0. The van der Waals surface area contributed by atoms with Crippen LogP contribution in [0, 0.1) is 0 Å². The van der Waals surface area contributed by atoms with Gasteiger partial charge in [0.1, 0.15) is 0 Å². The van der Waals surface area contributed by atoms with Crippen LogP contribution in [0.15, 0.2) is 0 Å². The first-order valence-corrected chi connectivity index (χ1v) is 4.47. The van der Waals surface area contributed by atoms with Crippen LogP contribution in [-0.2, 0) is 11.3 Å². The molecular formula is C5H12N2O2S. The molecule has 1 fully saturated rings. The second-order valence-corrected chi connectivity index (χ2v) is 3.13. The molecule has 1 saturated heterocycles. The predicted octanol–water partition coefficient (Wildman–Crippen LogP) is -0.535. The lowest BCUT2D eigenvalue weighted by Crippen LogP contribution is -2.40. The minimum Gasteiger partial charge on any atom is -0.317 e. The number of hydrogen-bond donors (Lipinski definition) is 3. The normalized spacial score (nSPS) is 24.5. The van der Waals surface area contributed by atoms with Crippen LogP contribution in [0.3, 0.4) is 0 Å². The van der Waals surface area contributed by atoms with Gasteiger partial charge in [-0.15, -0.1) is 0 Å². The Morgan fingerprint density at radius 1 is 1.50 bits per heavy atom. The molecular weight excluding hydrogens is 152 g/mol. The van der Waals surface area contributed by atoms with E-state index in [2.05, 4.69) is 10.0 Å². The molecule has 5 heteroatoms. The Labute approximate surface area is 62.8 Å². The molecule has 1 aliphatic rings. The molecule has 1 unspecified atom stereocenters. The first-order chi connectivity index (χ1) is 4.79. The first kappa shape index (κ1) is 8.13. The topological polar surface area (TPSA) is 61.4 Å². The number of nitrogens with one attached hydrogen (secondary N) is 2. The second-order valence-electron chi connectivity index (χ2n) is 2.39. The van der Waals surface area contributed by atoms with E-state index in [0.29, 0.717) is 0 Å². The monoisotopic (exact) mass is 164 g/mol. The van der Waals surface area contributed by atoms with Crippen LogP contribution in [0.2, 0.25) is 0 Å². The van der Waals surface area contributed by atoms with Crippen molar-refractivity contribution in [3.63, 3.8) is 0 Å². The van der Waals surface area contributed by atoms with E-state index in [1.165, 1.54) is 0 Å². The molecule has 60 valence electrons. The van der Waals surface area contributed by atoms with Crippen LogP contribution in [0.25, 0.3) is 0 Å². The van der Waals surface area contributed by atoms with Crippen molar-refractivity contribution in [1.82, 2.24) is 10.0 Å². The third-order valence-electron chi connectivity index (χ3n) is 1.61. The second kappa shape index (κ2) is 4.02. The third kappa shape index (κ3) is 2.74. The maximum atomic E-state index is 10.2. The number of rotatable bonds is 2. The van der Waals surface area contributed by atoms with Crippen molar-refractivity contribution in [3.8, 4) is 0 Å². The molecule has 1 aliphatic heterocycles. The van der Waals surface area contributed by atoms with E-state index >= 15 is 0 Å². The van der Waals surface area contributed by atoms with E-state index in [1.807, 2.05) is 0 Å². The summed E-state index contributed by atoms with van der Waals surface area (Å²) in [5.74, 6) is 0. The SMILES string of the molecule is O=S(O)NC1CCNCC1. The van der Waals surface area contributed by atoms with Crippen molar-refractivity contribution in [3.05, 3.63) is 0 Å². The molecule has 0 aromatic carbocycles. The Morgan fingerprint density at radius 2 is 2.10 bits per heavy atom. The molecule has 3 N–H and O–H groups in total. The lowest BCUT2D eigenvalue weighted by atomic mass is 10.1. The summed E-state index contributed by atoms with van der Waals surface area (Å²) in [7, 11) is 0. The summed E-state index contributed by atoms with van der Waals surface area (Å²) in [4.78, 5) is 0. The van der Waals surface area contributed by atoms with Gasteiger partial charge in [0.05, 0.1) is 0 Å². The Balaban J connectivity index is 2.19. The van der Waals surface area contributed by atoms with Gasteiger partial charge in [-0.25, -0.2) is 8.93 Å². The zero-order valence-corrected chi connectivity index (χ0v) is 6.49. The van der Waals surface area contributed by atoms with Gasteiger partial charge in [0, 0.05) is 6.04 Å². The van der Waals surface area contributed by atoms with Gasteiger partial charge in [0.15, 0.2) is 0 Å².